The van der Waals surface area contributed by atoms with E-state index in [0.29, 0.717) is 17.0 Å². The maximum Gasteiger partial charge on any atom is 0.253 e. The van der Waals surface area contributed by atoms with Crippen molar-refractivity contribution >= 4 is 5.91 Å². The molecular formula is C15H15N3O3. The van der Waals surface area contributed by atoms with E-state index in [4.69, 9.17) is 9.52 Å². The number of hydrogen-bond donors (Lipinski definition) is 2. The number of aromatic nitrogens is 2. The zero-order chi connectivity index (χ0) is 15.1. The van der Waals surface area contributed by atoms with Crippen LogP contribution in [-0.2, 0) is 13.0 Å². The van der Waals surface area contributed by atoms with Crippen molar-refractivity contribution in [3.05, 3.63) is 47.4 Å². The van der Waals surface area contributed by atoms with Crippen LogP contribution in [0.2, 0.25) is 0 Å². The Labute approximate surface area is 122 Å². The van der Waals surface area contributed by atoms with E-state index in [0.717, 1.165) is 12.2 Å². The van der Waals surface area contributed by atoms with Gasteiger partial charge < -0.3 is 14.8 Å². The van der Waals surface area contributed by atoms with Gasteiger partial charge >= 0.3 is 0 Å². The average molecular weight is 285 g/mol. The lowest BCUT2D eigenvalue weighted by Gasteiger charge is -2.02. The molecule has 6 heteroatoms. The number of rotatable bonds is 4. The number of oxazole rings is 1. The van der Waals surface area contributed by atoms with Crippen LogP contribution >= 0.6 is 0 Å². The monoisotopic (exact) mass is 285 g/mol. The number of aryl methyl sites for hydroxylation is 1. The molecule has 0 atom stereocenters. The Morgan fingerprint density at radius 2 is 2.29 bits per heavy atom. The van der Waals surface area contributed by atoms with Crippen LogP contribution in [0.3, 0.4) is 0 Å². The van der Waals surface area contributed by atoms with Gasteiger partial charge in [0.2, 0.25) is 5.89 Å². The molecule has 2 aromatic rings. The van der Waals surface area contributed by atoms with E-state index in [1.54, 1.807) is 12.3 Å². The number of nitrogens with one attached hydrogen (secondary N) is 1. The van der Waals surface area contributed by atoms with Crippen molar-refractivity contribution in [3.8, 4) is 11.8 Å². The van der Waals surface area contributed by atoms with E-state index in [1.807, 2.05) is 6.92 Å². The third kappa shape index (κ3) is 4.16. The summed E-state index contributed by atoms with van der Waals surface area (Å²) in [6, 6.07) is 1.61. The Hall–Kier alpha value is -2.65. The molecular weight excluding hydrogens is 270 g/mol. The normalized spacial score (nSPS) is 9.81. The Morgan fingerprint density at radius 1 is 1.43 bits per heavy atom. The first-order valence-electron chi connectivity index (χ1n) is 6.49. The summed E-state index contributed by atoms with van der Waals surface area (Å²) in [6.45, 7) is 1.94. The summed E-state index contributed by atoms with van der Waals surface area (Å²) in [6.07, 6.45) is 5.39. The number of aliphatic hydroxyl groups is 1. The van der Waals surface area contributed by atoms with Crippen LogP contribution in [0.5, 0.6) is 0 Å². The number of carbonyl (C=O) groups excluding carboxylic acids is 1. The minimum absolute atomic E-state index is 0.214. The van der Waals surface area contributed by atoms with Crippen LogP contribution in [0.25, 0.3) is 0 Å². The topological polar surface area (TPSA) is 88.2 Å². The van der Waals surface area contributed by atoms with Crippen molar-refractivity contribution in [2.24, 2.45) is 0 Å². The Bertz CT molecular complexity index is 683. The second-order valence-electron chi connectivity index (χ2n) is 4.18. The SMILES string of the molecule is CCc1cnc(CNC(=O)c2cncc(C#CCO)c2)o1. The van der Waals surface area contributed by atoms with E-state index in [9.17, 15) is 4.79 Å². The molecule has 6 nitrogen and oxygen atoms in total. The summed E-state index contributed by atoms with van der Waals surface area (Å²) < 4.78 is 5.40. The number of aliphatic hydroxyl groups excluding tert-OH is 1. The molecule has 0 aromatic carbocycles. The Kier molecular flexibility index (Phi) is 5.07. The van der Waals surface area contributed by atoms with E-state index in [1.165, 1.54) is 12.4 Å². The van der Waals surface area contributed by atoms with Gasteiger partial charge in [0, 0.05) is 24.4 Å². The average Bonchev–Trinajstić information content (AvgIpc) is 2.99. The summed E-state index contributed by atoms with van der Waals surface area (Å²) in [5.41, 5.74) is 0.961. The molecule has 0 saturated carbocycles. The summed E-state index contributed by atoms with van der Waals surface area (Å²) in [5, 5.41) is 11.4. The molecule has 108 valence electrons. The highest BCUT2D eigenvalue weighted by molar-refractivity contribution is 5.94. The zero-order valence-corrected chi connectivity index (χ0v) is 11.6. The molecule has 0 saturated heterocycles. The number of nitrogens with zero attached hydrogens (tertiary/aromatic N) is 2. The Balaban J connectivity index is 1.99. The van der Waals surface area contributed by atoms with Gasteiger partial charge in [0.25, 0.3) is 5.91 Å². The van der Waals surface area contributed by atoms with Crippen LogP contribution in [0, 0.1) is 11.8 Å². The quantitative estimate of drug-likeness (QED) is 0.815. The van der Waals surface area contributed by atoms with E-state index >= 15 is 0 Å². The highest BCUT2D eigenvalue weighted by atomic mass is 16.4. The van der Waals surface area contributed by atoms with Gasteiger partial charge in [-0.3, -0.25) is 9.78 Å². The summed E-state index contributed by atoms with van der Waals surface area (Å²) in [5.74, 6) is 6.16. The third-order valence-electron chi connectivity index (χ3n) is 2.66. The van der Waals surface area contributed by atoms with Gasteiger partial charge in [-0.05, 0) is 6.07 Å². The van der Waals surface area contributed by atoms with Gasteiger partial charge in [-0.15, -0.1) is 0 Å². The lowest BCUT2D eigenvalue weighted by atomic mass is 10.2. The van der Waals surface area contributed by atoms with E-state index < -0.39 is 0 Å². The predicted octanol–water partition coefficient (Wildman–Crippen LogP) is 0.906. The summed E-state index contributed by atoms with van der Waals surface area (Å²) in [7, 11) is 0. The fourth-order valence-corrected chi connectivity index (χ4v) is 1.63. The molecule has 2 rings (SSSR count). The predicted molar refractivity (Wildman–Crippen MR) is 75.3 cm³/mol. The fraction of sp³-hybridized carbons (Fsp3) is 0.267. The molecule has 2 N–H and O–H groups in total. The fourth-order valence-electron chi connectivity index (χ4n) is 1.63. The third-order valence-corrected chi connectivity index (χ3v) is 2.66. The molecule has 0 aliphatic rings. The van der Waals surface area contributed by atoms with Crippen LogP contribution in [0.1, 0.15) is 34.5 Å². The molecule has 0 aliphatic carbocycles. The highest BCUT2D eigenvalue weighted by Crippen LogP contribution is 2.05. The van der Waals surface area contributed by atoms with Crippen LogP contribution in [-0.4, -0.2) is 27.6 Å². The van der Waals surface area contributed by atoms with Crippen molar-refractivity contribution in [3.63, 3.8) is 0 Å². The molecule has 0 aliphatic heterocycles. The maximum absolute atomic E-state index is 12.0. The molecule has 0 bridgehead atoms. The molecule has 21 heavy (non-hydrogen) atoms. The van der Waals surface area contributed by atoms with Gasteiger partial charge in [0.15, 0.2) is 0 Å². The lowest BCUT2D eigenvalue weighted by molar-refractivity contribution is 0.0946. The van der Waals surface area contributed by atoms with Crippen molar-refractivity contribution in [2.45, 2.75) is 19.9 Å². The zero-order valence-electron chi connectivity index (χ0n) is 11.6. The van der Waals surface area contributed by atoms with E-state index in [2.05, 4.69) is 27.1 Å². The van der Waals surface area contributed by atoms with Crippen molar-refractivity contribution < 1.29 is 14.3 Å². The first-order chi connectivity index (χ1) is 10.2. The standard InChI is InChI=1S/C15H15N3O3/c1-2-13-9-17-14(21-13)10-18-15(20)12-6-11(4-3-5-19)7-16-8-12/h6-9,19H,2,5,10H2,1H3,(H,18,20). The molecule has 2 heterocycles. The number of hydrogen-bond acceptors (Lipinski definition) is 5. The van der Waals surface area contributed by atoms with Crippen molar-refractivity contribution in [2.75, 3.05) is 6.61 Å². The minimum atomic E-state index is -0.286. The first-order valence-corrected chi connectivity index (χ1v) is 6.49. The van der Waals surface area contributed by atoms with Crippen LogP contribution in [0.4, 0.5) is 0 Å². The van der Waals surface area contributed by atoms with Crippen LogP contribution < -0.4 is 5.32 Å². The lowest BCUT2D eigenvalue weighted by Crippen LogP contribution is -2.23. The maximum atomic E-state index is 12.0. The summed E-state index contributed by atoms with van der Waals surface area (Å²) in [4.78, 5) is 20.0. The Morgan fingerprint density at radius 3 is 3.00 bits per heavy atom. The van der Waals surface area contributed by atoms with Gasteiger partial charge in [-0.25, -0.2) is 4.98 Å². The number of pyridine rings is 1. The second-order valence-corrected chi connectivity index (χ2v) is 4.18. The van der Waals surface area contributed by atoms with E-state index in [-0.39, 0.29) is 19.1 Å². The molecule has 1 amide bonds. The first kappa shape index (κ1) is 14.8. The molecule has 0 fully saturated rings. The van der Waals surface area contributed by atoms with Crippen molar-refractivity contribution in [1.29, 1.82) is 0 Å². The molecule has 0 radical (unpaired) electrons. The highest BCUT2D eigenvalue weighted by Gasteiger charge is 2.08. The molecule has 0 spiro atoms. The number of carbonyl (C=O) groups is 1. The van der Waals surface area contributed by atoms with Gasteiger partial charge in [-0.1, -0.05) is 18.8 Å². The minimum Gasteiger partial charge on any atom is -0.444 e. The van der Waals surface area contributed by atoms with Crippen molar-refractivity contribution in [1.82, 2.24) is 15.3 Å². The molecule has 2 aromatic heterocycles. The smallest absolute Gasteiger partial charge is 0.253 e. The number of amides is 1. The second kappa shape index (κ2) is 7.22. The largest absolute Gasteiger partial charge is 0.444 e. The van der Waals surface area contributed by atoms with Gasteiger partial charge in [0.1, 0.15) is 12.4 Å². The molecule has 0 unspecified atom stereocenters. The van der Waals surface area contributed by atoms with Crippen LogP contribution in [0.15, 0.2) is 29.1 Å². The van der Waals surface area contributed by atoms with Gasteiger partial charge in [0.05, 0.1) is 18.3 Å². The van der Waals surface area contributed by atoms with Gasteiger partial charge in [-0.2, -0.15) is 0 Å². The summed E-state index contributed by atoms with van der Waals surface area (Å²) >= 11 is 0.